The van der Waals surface area contributed by atoms with Crippen molar-refractivity contribution >= 4 is 35.8 Å². The number of amides is 2. The molecule has 2 N–H and O–H groups in total. The van der Waals surface area contributed by atoms with Gasteiger partial charge in [-0.1, -0.05) is 54.1 Å². The van der Waals surface area contributed by atoms with Gasteiger partial charge < -0.3 is 15.5 Å². The van der Waals surface area contributed by atoms with E-state index in [0.717, 1.165) is 31.5 Å². The maximum Gasteiger partial charge on any atom is 0.253 e. The topological polar surface area (TPSA) is 61.4 Å². The summed E-state index contributed by atoms with van der Waals surface area (Å²) in [7, 11) is 1.86. The number of hydrogen-bond donors (Lipinski definition) is 2. The van der Waals surface area contributed by atoms with Crippen LogP contribution in [-0.4, -0.2) is 42.9 Å². The Balaban J connectivity index is 0.00000300. The van der Waals surface area contributed by atoms with E-state index in [4.69, 9.17) is 11.6 Å². The highest BCUT2D eigenvalue weighted by molar-refractivity contribution is 6.33. The molecule has 0 aliphatic carbocycles. The maximum absolute atomic E-state index is 12.9. The van der Waals surface area contributed by atoms with Gasteiger partial charge in [-0.05, 0) is 43.6 Å². The van der Waals surface area contributed by atoms with Gasteiger partial charge in [-0.2, -0.15) is 0 Å². The van der Waals surface area contributed by atoms with Crippen LogP contribution in [0.3, 0.4) is 0 Å². The van der Waals surface area contributed by atoms with Gasteiger partial charge in [-0.15, -0.1) is 12.4 Å². The standard InChI is InChI=1S/C22H26ClN3O2.ClH/c1-26(17-11-13-24-14-12-17)21(27)15-20(16-7-3-2-4-8-16)25-22(28)18-9-5-6-10-19(18)23;/h2-10,17,20,24H,11-15H2,1H3,(H,25,28);1H. The Morgan fingerprint density at radius 3 is 2.38 bits per heavy atom. The van der Waals surface area contributed by atoms with E-state index in [1.807, 2.05) is 42.3 Å². The highest BCUT2D eigenvalue weighted by atomic mass is 35.5. The van der Waals surface area contributed by atoms with Gasteiger partial charge in [0.05, 0.1) is 23.0 Å². The predicted octanol–water partition coefficient (Wildman–Crippen LogP) is 3.83. The van der Waals surface area contributed by atoms with Crippen LogP contribution in [0.15, 0.2) is 54.6 Å². The van der Waals surface area contributed by atoms with Crippen molar-refractivity contribution in [2.45, 2.75) is 31.3 Å². The van der Waals surface area contributed by atoms with Gasteiger partial charge in [0, 0.05) is 13.1 Å². The van der Waals surface area contributed by atoms with Crippen molar-refractivity contribution in [2.24, 2.45) is 0 Å². The lowest BCUT2D eigenvalue weighted by atomic mass is 10.0. The SMILES string of the molecule is CN(C(=O)CC(NC(=O)c1ccccc1Cl)c1ccccc1)C1CCNCC1.Cl. The molecule has 1 aliphatic rings. The largest absolute Gasteiger partial charge is 0.345 e. The molecular weight excluding hydrogens is 409 g/mol. The molecule has 156 valence electrons. The van der Waals surface area contributed by atoms with Gasteiger partial charge >= 0.3 is 0 Å². The molecule has 3 rings (SSSR count). The van der Waals surface area contributed by atoms with E-state index in [1.165, 1.54) is 0 Å². The lowest BCUT2D eigenvalue weighted by Crippen LogP contribution is -2.45. The second-order valence-corrected chi connectivity index (χ2v) is 7.51. The summed E-state index contributed by atoms with van der Waals surface area (Å²) in [5.74, 6) is -0.253. The zero-order valence-electron chi connectivity index (χ0n) is 16.4. The predicted molar refractivity (Wildman–Crippen MR) is 119 cm³/mol. The van der Waals surface area contributed by atoms with Gasteiger partial charge in [0.15, 0.2) is 0 Å². The molecule has 0 saturated carbocycles. The van der Waals surface area contributed by atoms with E-state index < -0.39 is 6.04 Å². The van der Waals surface area contributed by atoms with E-state index in [9.17, 15) is 9.59 Å². The molecule has 1 fully saturated rings. The number of carbonyl (C=O) groups is 2. The fourth-order valence-corrected chi connectivity index (χ4v) is 3.76. The quantitative estimate of drug-likeness (QED) is 0.724. The lowest BCUT2D eigenvalue weighted by Gasteiger charge is -2.33. The van der Waals surface area contributed by atoms with Crippen molar-refractivity contribution in [1.29, 1.82) is 0 Å². The van der Waals surface area contributed by atoms with Crippen molar-refractivity contribution in [3.05, 3.63) is 70.7 Å². The van der Waals surface area contributed by atoms with Crippen molar-refractivity contribution < 1.29 is 9.59 Å². The molecule has 0 aromatic heterocycles. The van der Waals surface area contributed by atoms with Crippen LogP contribution in [0.4, 0.5) is 0 Å². The second kappa shape index (κ2) is 11.2. The fraction of sp³-hybridized carbons (Fsp3) is 0.364. The molecular formula is C22H27Cl2N3O2. The van der Waals surface area contributed by atoms with Crippen LogP contribution in [0.25, 0.3) is 0 Å². The Morgan fingerprint density at radius 2 is 1.72 bits per heavy atom. The summed E-state index contributed by atoms with van der Waals surface area (Å²) in [5.41, 5.74) is 1.30. The Kier molecular flexibility index (Phi) is 8.96. The normalized spacial score (nSPS) is 15.1. The zero-order valence-corrected chi connectivity index (χ0v) is 18.0. The molecule has 2 aromatic rings. The summed E-state index contributed by atoms with van der Waals surface area (Å²) in [5, 5.41) is 6.71. The zero-order chi connectivity index (χ0) is 19.9. The monoisotopic (exact) mass is 435 g/mol. The van der Waals surface area contributed by atoms with Gasteiger partial charge in [0.1, 0.15) is 0 Å². The number of halogens is 2. The molecule has 5 nitrogen and oxygen atoms in total. The lowest BCUT2D eigenvalue weighted by molar-refractivity contribution is -0.132. The molecule has 0 radical (unpaired) electrons. The summed E-state index contributed by atoms with van der Waals surface area (Å²) in [6, 6.07) is 16.3. The third-order valence-corrected chi connectivity index (χ3v) is 5.58. The van der Waals surface area contributed by atoms with E-state index in [1.54, 1.807) is 24.3 Å². The summed E-state index contributed by atoms with van der Waals surface area (Å²) in [6.45, 7) is 1.85. The summed E-state index contributed by atoms with van der Waals surface area (Å²) >= 11 is 6.16. The first kappa shape index (κ1) is 23.2. The third kappa shape index (κ3) is 6.20. The molecule has 0 spiro atoms. The minimum absolute atomic E-state index is 0. The van der Waals surface area contributed by atoms with Gasteiger partial charge in [-0.3, -0.25) is 9.59 Å². The Labute approximate surface area is 183 Å². The minimum atomic E-state index is -0.415. The average Bonchev–Trinajstić information content (AvgIpc) is 2.74. The summed E-state index contributed by atoms with van der Waals surface area (Å²) in [6.07, 6.45) is 2.11. The van der Waals surface area contributed by atoms with Crippen LogP contribution in [0.2, 0.25) is 5.02 Å². The highest BCUT2D eigenvalue weighted by Gasteiger charge is 2.26. The molecule has 1 heterocycles. The number of nitrogens with one attached hydrogen (secondary N) is 2. The van der Waals surface area contributed by atoms with Crippen LogP contribution in [0.1, 0.15) is 41.2 Å². The Bertz CT molecular complexity index is 811. The number of nitrogens with zero attached hydrogens (tertiary/aromatic N) is 1. The molecule has 1 atom stereocenters. The first-order chi connectivity index (χ1) is 13.6. The molecule has 29 heavy (non-hydrogen) atoms. The first-order valence-corrected chi connectivity index (χ1v) is 10.0. The van der Waals surface area contributed by atoms with Crippen LogP contribution in [-0.2, 0) is 4.79 Å². The minimum Gasteiger partial charge on any atom is -0.345 e. The second-order valence-electron chi connectivity index (χ2n) is 7.11. The average molecular weight is 436 g/mol. The van der Waals surface area contributed by atoms with Crippen molar-refractivity contribution in [2.75, 3.05) is 20.1 Å². The maximum atomic E-state index is 12.9. The number of piperidine rings is 1. The number of hydrogen-bond acceptors (Lipinski definition) is 3. The molecule has 7 heteroatoms. The molecule has 1 unspecified atom stereocenters. The molecule has 1 saturated heterocycles. The van der Waals surface area contributed by atoms with Gasteiger partial charge in [0.25, 0.3) is 5.91 Å². The number of carbonyl (C=O) groups excluding carboxylic acids is 2. The molecule has 0 bridgehead atoms. The van der Waals surface area contributed by atoms with Crippen LogP contribution in [0.5, 0.6) is 0 Å². The first-order valence-electron chi connectivity index (χ1n) is 9.63. The Hall–Kier alpha value is -2.08. The van der Waals surface area contributed by atoms with Crippen molar-refractivity contribution in [3.63, 3.8) is 0 Å². The van der Waals surface area contributed by atoms with E-state index in [-0.39, 0.29) is 36.7 Å². The third-order valence-electron chi connectivity index (χ3n) is 5.25. The van der Waals surface area contributed by atoms with Gasteiger partial charge in [-0.25, -0.2) is 0 Å². The molecule has 1 aliphatic heterocycles. The van der Waals surface area contributed by atoms with E-state index in [0.29, 0.717) is 10.6 Å². The number of rotatable bonds is 6. The van der Waals surface area contributed by atoms with Crippen LogP contribution < -0.4 is 10.6 Å². The van der Waals surface area contributed by atoms with Gasteiger partial charge in [0.2, 0.25) is 5.91 Å². The number of benzene rings is 2. The smallest absolute Gasteiger partial charge is 0.253 e. The fourth-order valence-electron chi connectivity index (χ4n) is 3.54. The summed E-state index contributed by atoms with van der Waals surface area (Å²) < 4.78 is 0. The Morgan fingerprint density at radius 1 is 1.10 bits per heavy atom. The molecule has 2 aromatic carbocycles. The highest BCUT2D eigenvalue weighted by Crippen LogP contribution is 2.22. The van der Waals surface area contributed by atoms with Crippen molar-refractivity contribution in [1.82, 2.24) is 15.5 Å². The van der Waals surface area contributed by atoms with Crippen LogP contribution in [0, 0.1) is 0 Å². The van der Waals surface area contributed by atoms with E-state index >= 15 is 0 Å². The van der Waals surface area contributed by atoms with Crippen molar-refractivity contribution in [3.8, 4) is 0 Å². The molecule has 2 amide bonds. The van der Waals surface area contributed by atoms with Crippen LogP contribution >= 0.6 is 24.0 Å². The van der Waals surface area contributed by atoms with E-state index in [2.05, 4.69) is 10.6 Å². The summed E-state index contributed by atoms with van der Waals surface area (Å²) in [4.78, 5) is 27.5.